The Balaban J connectivity index is 2.26. The van der Waals surface area contributed by atoms with Gasteiger partial charge in [-0.15, -0.1) is 0 Å². The van der Waals surface area contributed by atoms with Crippen LogP contribution >= 0.6 is 11.6 Å². The van der Waals surface area contributed by atoms with Gasteiger partial charge in [-0.1, -0.05) is 17.7 Å². The molecule has 1 aliphatic rings. The highest BCUT2D eigenvalue weighted by Gasteiger charge is 2.30. The molecule has 2 rings (SSSR count). The van der Waals surface area contributed by atoms with Gasteiger partial charge in [-0.05, 0) is 12.1 Å². The van der Waals surface area contributed by atoms with Gasteiger partial charge in [-0.3, -0.25) is 0 Å². The third-order valence-electron chi connectivity index (χ3n) is 2.20. The lowest BCUT2D eigenvalue weighted by Crippen LogP contribution is -2.26. The molecule has 74 valence electrons. The Bertz CT molecular complexity index is 376. The highest BCUT2D eigenvalue weighted by atomic mass is 35.5. The number of carbonyl (C=O) groups is 1. The molecule has 0 saturated carbocycles. The smallest absolute Gasteiger partial charge is 0.347 e. The van der Waals surface area contributed by atoms with Crippen molar-refractivity contribution in [2.75, 3.05) is 7.11 Å². The lowest BCUT2D eigenvalue weighted by molar-refractivity contribution is -0.147. The van der Waals surface area contributed by atoms with Crippen LogP contribution in [0.1, 0.15) is 5.56 Å². The zero-order valence-electron chi connectivity index (χ0n) is 7.62. The van der Waals surface area contributed by atoms with E-state index in [-0.39, 0.29) is 5.97 Å². The summed E-state index contributed by atoms with van der Waals surface area (Å²) >= 11 is 5.95. The van der Waals surface area contributed by atoms with E-state index in [4.69, 9.17) is 16.3 Å². The van der Waals surface area contributed by atoms with E-state index >= 15 is 0 Å². The number of rotatable bonds is 1. The second-order valence-corrected chi connectivity index (χ2v) is 3.46. The van der Waals surface area contributed by atoms with Crippen molar-refractivity contribution >= 4 is 17.6 Å². The van der Waals surface area contributed by atoms with Gasteiger partial charge in [0.25, 0.3) is 0 Å². The van der Waals surface area contributed by atoms with Crippen LogP contribution in [0.3, 0.4) is 0 Å². The second-order valence-electron chi connectivity index (χ2n) is 3.05. The number of fused-ring (bicyclic) bond motifs is 1. The van der Waals surface area contributed by atoms with Crippen LogP contribution in [0, 0.1) is 0 Å². The molecular weight excluding hydrogens is 204 g/mol. The van der Waals surface area contributed by atoms with Crippen LogP contribution in [-0.4, -0.2) is 19.2 Å². The van der Waals surface area contributed by atoms with Crippen molar-refractivity contribution in [3.63, 3.8) is 0 Å². The summed E-state index contributed by atoms with van der Waals surface area (Å²) in [5.41, 5.74) is 0.879. The normalized spacial score (nSPS) is 18.6. The SMILES string of the molecule is COC(=O)C1Cc2c(Cl)cccc2O1. The molecular formula is C10H9ClO3. The van der Waals surface area contributed by atoms with Gasteiger partial charge in [-0.25, -0.2) is 4.79 Å². The van der Waals surface area contributed by atoms with E-state index in [1.807, 2.05) is 0 Å². The molecule has 0 amide bonds. The number of esters is 1. The van der Waals surface area contributed by atoms with Gasteiger partial charge in [0, 0.05) is 17.0 Å². The van der Waals surface area contributed by atoms with Gasteiger partial charge in [0.2, 0.25) is 0 Å². The molecule has 1 aliphatic heterocycles. The maximum absolute atomic E-state index is 11.2. The van der Waals surface area contributed by atoms with Crippen molar-refractivity contribution in [3.8, 4) is 5.75 Å². The monoisotopic (exact) mass is 212 g/mol. The van der Waals surface area contributed by atoms with Crippen molar-refractivity contribution in [2.24, 2.45) is 0 Å². The first-order valence-corrected chi connectivity index (χ1v) is 4.62. The second kappa shape index (κ2) is 3.50. The zero-order chi connectivity index (χ0) is 10.1. The number of hydrogen-bond donors (Lipinski definition) is 0. The maximum Gasteiger partial charge on any atom is 0.347 e. The first-order chi connectivity index (χ1) is 6.72. The van der Waals surface area contributed by atoms with Crippen LogP contribution in [0.2, 0.25) is 5.02 Å². The molecule has 1 heterocycles. The van der Waals surface area contributed by atoms with Crippen LogP contribution < -0.4 is 4.74 Å². The van der Waals surface area contributed by atoms with E-state index in [9.17, 15) is 4.79 Å². The predicted molar refractivity (Wildman–Crippen MR) is 51.6 cm³/mol. The van der Waals surface area contributed by atoms with Gasteiger partial charge in [0.1, 0.15) is 5.75 Å². The lowest BCUT2D eigenvalue weighted by Gasteiger charge is -2.06. The van der Waals surface area contributed by atoms with Gasteiger partial charge in [0.15, 0.2) is 6.10 Å². The Labute approximate surface area is 86.6 Å². The molecule has 1 aromatic rings. The maximum atomic E-state index is 11.2. The van der Waals surface area contributed by atoms with E-state index in [0.29, 0.717) is 17.2 Å². The van der Waals surface area contributed by atoms with E-state index in [1.54, 1.807) is 18.2 Å². The van der Waals surface area contributed by atoms with E-state index in [0.717, 1.165) is 5.56 Å². The van der Waals surface area contributed by atoms with Crippen molar-refractivity contribution in [2.45, 2.75) is 12.5 Å². The molecule has 1 atom stereocenters. The molecule has 4 heteroatoms. The highest BCUT2D eigenvalue weighted by Crippen LogP contribution is 2.34. The Morgan fingerprint density at radius 2 is 2.43 bits per heavy atom. The molecule has 1 unspecified atom stereocenters. The number of halogens is 1. The van der Waals surface area contributed by atoms with Crippen LogP contribution in [0.15, 0.2) is 18.2 Å². The summed E-state index contributed by atoms with van der Waals surface area (Å²) in [6, 6.07) is 5.37. The summed E-state index contributed by atoms with van der Waals surface area (Å²) in [5, 5.41) is 0.633. The molecule has 0 spiro atoms. The third-order valence-corrected chi connectivity index (χ3v) is 2.55. The molecule has 3 nitrogen and oxygen atoms in total. The summed E-state index contributed by atoms with van der Waals surface area (Å²) < 4.78 is 9.98. The van der Waals surface area contributed by atoms with Crippen molar-refractivity contribution in [1.82, 2.24) is 0 Å². The summed E-state index contributed by atoms with van der Waals surface area (Å²) in [4.78, 5) is 11.2. The average Bonchev–Trinajstić information content (AvgIpc) is 2.62. The number of carbonyl (C=O) groups excluding carboxylic acids is 1. The minimum absolute atomic E-state index is 0.364. The third kappa shape index (κ3) is 1.44. The van der Waals surface area contributed by atoms with Crippen molar-refractivity contribution in [1.29, 1.82) is 0 Å². The van der Waals surface area contributed by atoms with Gasteiger partial charge in [-0.2, -0.15) is 0 Å². The fourth-order valence-corrected chi connectivity index (χ4v) is 1.73. The Hall–Kier alpha value is -1.22. The molecule has 0 aliphatic carbocycles. The van der Waals surface area contributed by atoms with Crippen molar-refractivity contribution in [3.05, 3.63) is 28.8 Å². The van der Waals surface area contributed by atoms with Crippen LogP contribution in [0.25, 0.3) is 0 Å². The average molecular weight is 213 g/mol. The summed E-state index contributed by atoms with van der Waals surface area (Å²) in [5.74, 6) is 0.310. The first kappa shape index (κ1) is 9.34. The summed E-state index contributed by atoms with van der Waals surface area (Å²) in [7, 11) is 1.34. The van der Waals surface area contributed by atoms with Crippen LogP contribution in [0.4, 0.5) is 0 Å². The standard InChI is InChI=1S/C10H9ClO3/c1-13-10(12)9-5-6-7(11)3-2-4-8(6)14-9/h2-4,9H,5H2,1H3. The molecule has 1 aromatic carbocycles. The van der Waals surface area contributed by atoms with Gasteiger partial charge >= 0.3 is 5.97 Å². The lowest BCUT2D eigenvalue weighted by atomic mass is 10.1. The molecule has 0 radical (unpaired) electrons. The zero-order valence-corrected chi connectivity index (χ0v) is 8.38. The van der Waals surface area contributed by atoms with E-state index < -0.39 is 6.10 Å². The quantitative estimate of drug-likeness (QED) is 0.667. The Morgan fingerprint density at radius 1 is 1.64 bits per heavy atom. The molecule has 0 saturated heterocycles. The number of methoxy groups -OCH3 is 1. The molecule has 0 bridgehead atoms. The topological polar surface area (TPSA) is 35.5 Å². The van der Waals surface area contributed by atoms with Gasteiger partial charge in [0.05, 0.1) is 7.11 Å². The highest BCUT2D eigenvalue weighted by molar-refractivity contribution is 6.31. The number of ether oxygens (including phenoxy) is 2. The summed E-state index contributed by atoms with van der Waals surface area (Å²) in [6.07, 6.45) is -0.0586. The van der Waals surface area contributed by atoms with Crippen molar-refractivity contribution < 1.29 is 14.3 Å². The number of hydrogen-bond acceptors (Lipinski definition) is 3. The largest absolute Gasteiger partial charge is 0.478 e. The molecule has 0 N–H and O–H groups in total. The molecule has 14 heavy (non-hydrogen) atoms. The fraction of sp³-hybridized carbons (Fsp3) is 0.300. The Kier molecular flexibility index (Phi) is 2.33. The Morgan fingerprint density at radius 3 is 3.07 bits per heavy atom. The molecule has 0 fully saturated rings. The van der Waals surface area contributed by atoms with E-state index in [1.165, 1.54) is 7.11 Å². The predicted octanol–water partition coefficient (Wildman–Crippen LogP) is 1.82. The van der Waals surface area contributed by atoms with Gasteiger partial charge < -0.3 is 9.47 Å². The fourth-order valence-electron chi connectivity index (χ4n) is 1.49. The summed E-state index contributed by atoms with van der Waals surface area (Å²) in [6.45, 7) is 0. The minimum atomic E-state index is -0.546. The van der Waals surface area contributed by atoms with Crippen LogP contribution in [0.5, 0.6) is 5.75 Å². The van der Waals surface area contributed by atoms with E-state index in [2.05, 4.69) is 4.74 Å². The minimum Gasteiger partial charge on any atom is -0.478 e. The number of benzene rings is 1. The van der Waals surface area contributed by atoms with Crippen LogP contribution in [-0.2, 0) is 16.0 Å². The first-order valence-electron chi connectivity index (χ1n) is 4.24. The molecule has 0 aromatic heterocycles.